The minimum atomic E-state index is 0.423. The minimum absolute atomic E-state index is 0.423. The van der Waals surface area contributed by atoms with Crippen LogP contribution in [0.25, 0.3) is 0 Å². The number of nitrogens with two attached hydrogens (primary N) is 1. The lowest BCUT2D eigenvalue weighted by Crippen LogP contribution is -2.44. The third-order valence-corrected chi connectivity index (χ3v) is 4.09. The van der Waals surface area contributed by atoms with E-state index in [1.807, 2.05) is 0 Å². The Morgan fingerprint density at radius 2 is 2.50 bits per heavy atom. The van der Waals surface area contributed by atoms with E-state index in [0.717, 1.165) is 38.3 Å². The maximum atomic E-state index is 5.52. The SMILES string of the molecule is CCC1COCCN1Cc1cc(C#CCN)cs1. The quantitative estimate of drug-likeness (QED) is 0.844. The Balaban J connectivity index is 1.97. The second kappa shape index (κ2) is 6.91. The van der Waals surface area contributed by atoms with Gasteiger partial charge in [0.15, 0.2) is 0 Å². The molecule has 0 aromatic carbocycles. The highest BCUT2D eigenvalue weighted by Crippen LogP contribution is 2.20. The molecule has 1 aromatic heterocycles. The van der Waals surface area contributed by atoms with Crippen LogP contribution >= 0.6 is 11.3 Å². The van der Waals surface area contributed by atoms with Crippen molar-refractivity contribution in [1.29, 1.82) is 0 Å². The molecule has 2 heterocycles. The highest BCUT2D eigenvalue weighted by Gasteiger charge is 2.21. The zero-order chi connectivity index (χ0) is 12.8. The summed E-state index contributed by atoms with van der Waals surface area (Å²) in [6.07, 6.45) is 1.14. The average Bonchev–Trinajstić information content (AvgIpc) is 2.84. The van der Waals surface area contributed by atoms with Crippen LogP contribution in [0.4, 0.5) is 0 Å². The Morgan fingerprint density at radius 3 is 3.28 bits per heavy atom. The molecule has 98 valence electrons. The van der Waals surface area contributed by atoms with Crippen LogP contribution in [-0.2, 0) is 11.3 Å². The van der Waals surface area contributed by atoms with E-state index >= 15 is 0 Å². The van der Waals surface area contributed by atoms with Gasteiger partial charge < -0.3 is 10.5 Å². The first kappa shape index (κ1) is 13.6. The molecule has 1 aliphatic heterocycles. The lowest BCUT2D eigenvalue weighted by atomic mass is 10.1. The van der Waals surface area contributed by atoms with Crippen molar-refractivity contribution in [3.05, 3.63) is 21.9 Å². The topological polar surface area (TPSA) is 38.5 Å². The van der Waals surface area contributed by atoms with Crippen LogP contribution in [0.5, 0.6) is 0 Å². The van der Waals surface area contributed by atoms with Gasteiger partial charge in [0.2, 0.25) is 0 Å². The first-order valence-corrected chi connectivity index (χ1v) is 7.29. The number of nitrogens with zero attached hydrogens (tertiary/aromatic N) is 1. The summed E-state index contributed by atoms with van der Waals surface area (Å²) in [5.74, 6) is 5.97. The molecular formula is C14H20N2OS. The summed E-state index contributed by atoms with van der Waals surface area (Å²) in [7, 11) is 0. The molecule has 0 saturated carbocycles. The molecule has 1 aliphatic rings. The third kappa shape index (κ3) is 3.56. The number of hydrogen-bond donors (Lipinski definition) is 1. The zero-order valence-corrected chi connectivity index (χ0v) is 11.6. The van der Waals surface area contributed by atoms with Crippen LogP contribution in [0.1, 0.15) is 23.8 Å². The Kier molecular flexibility index (Phi) is 5.21. The normalized spacial score (nSPS) is 20.4. The summed E-state index contributed by atoms with van der Waals surface area (Å²) in [6.45, 7) is 6.39. The van der Waals surface area contributed by atoms with Gasteiger partial charge in [-0.05, 0) is 12.5 Å². The Labute approximate surface area is 113 Å². The van der Waals surface area contributed by atoms with Gasteiger partial charge >= 0.3 is 0 Å². The van der Waals surface area contributed by atoms with Crippen molar-refractivity contribution < 1.29 is 4.74 Å². The zero-order valence-electron chi connectivity index (χ0n) is 10.8. The molecule has 0 amide bonds. The summed E-state index contributed by atoms with van der Waals surface area (Å²) in [5, 5.41) is 2.11. The van der Waals surface area contributed by atoms with Gasteiger partial charge in [-0.25, -0.2) is 0 Å². The van der Waals surface area contributed by atoms with E-state index in [-0.39, 0.29) is 0 Å². The van der Waals surface area contributed by atoms with Gasteiger partial charge in [0.05, 0.1) is 19.8 Å². The van der Waals surface area contributed by atoms with Crippen molar-refractivity contribution in [3.63, 3.8) is 0 Å². The molecule has 18 heavy (non-hydrogen) atoms. The van der Waals surface area contributed by atoms with Gasteiger partial charge in [-0.2, -0.15) is 0 Å². The summed E-state index contributed by atoms with van der Waals surface area (Å²) in [6, 6.07) is 2.73. The number of thiophene rings is 1. The second-order valence-corrected chi connectivity index (χ2v) is 5.41. The molecule has 0 bridgehead atoms. The molecule has 1 saturated heterocycles. The molecule has 1 unspecified atom stereocenters. The van der Waals surface area contributed by atoms with E-state index in [1.54, 1.807) is 11.3 Å². The number of morpholine rings is 1. The van der Waals surface area contributed by atoms with E-state index in [1.165, 1.54) is 4.88 Å². The van der Waals surface area contributed by atoms with Crippen LogP contribution < -0.4 is 5.73 Å². The standard InChI is InChI=1S/C14H20N2OS/c1-2-13-10-17-7-6-16(13)9-14-8-12(11-18-14)4-3-5-15/h8,11,13H,2,5-7,9-10,15H2,1H3. The van der Waals surface area contributed by atoms with Gasteiger partial charge in [-0.1, -0.05) is 18.8 Å². The van der Waals surface area contributed by atoms with Crippen molar-refractivity contribution in [2.75, 3.05) is 26.3 Å². The fourth-order valence-electron chi connectivity index (χ4n) is 2.16. The lowest BCUT2D eigenvalue weighted by molar-refractivity contribution is -0.0122. The summed E-state index contributed by atoms with van der Waals surface area (Å²) in [4.78, 5) is 3.88. The molecule has 0 aliphatic carbocycles. The van der Waals surface area contributed by atoms with Gasteiger partial charge in [-0.3, -0.25) is 4.90 Å². The molecule has 2 rings (SSSR count). The number of ether oxygens (including phenoxy) is 1. The van der Waals surface area contributed by atoms with Crippen molar-refractivity contribution in [2.24, 2.45) is 5.73 Å². The molecule has 1 aromatic rings. The van der Waals surface area contributed by atoms with Crippen LogP contribution in [0, 0.1) is 11.8 Å². The monoisotopic (exact) mass is 264 g/mol. The van der Waals surface area contributed by atoms with Crippen molar-refractivity contribution >= 4 is 11.3 Å². The number of hydrogen-bond acceptors (Lipinski definition) is 4. The van der Waals surface area contributed by atoms with Crippen molar-refractivity contribution in [1.82, 2.24) is 4.90 Å². The highest BCUT2D eigenvalue weighted by atomic mass is 32.1. The van der Waals surface area contributed by atoms with E-state index in [9.17, 15) is 0 Å². The maximum Gasteiger partial charge on any atom is 0.0622 e. The Bertz CT molecular complexity index is 432. The second-order valence-electron chi connectivity index (χ2n) is 4.42. The van der Waals surface area contributed by atoms with Crippen molar-refractivity contribution in [2.45, 2.75) is 25.9 Å². The number of rotatable bonds is 3. The molecule has 2 N–H and O–H groups in total. The Morgan fingerprint density at radius 1 is 1.61 bits per heavy atom. The molecule has 1 fully saturated rings. The van der Waals surface area contributed by atoms with E-state index < -0.39 is 0 Å². The van der Waals surface area contributed by atoms with Crippen LogP contribution in [-0.4, -0.2) is 37.2 Å². The van der Waals surface area contributed by atoms with E-state index in [2.05, 4.69) is 35.1 Å². The fraction of sp³-hybridized carbons (Fsp3) is 0.571. The molecular weight excluding hydrogens is 244 g/mol. The van der Waals surface area contributed by atoms with Crippen LogP contribution in [0.15, 0.2) is 11.4 Å². The molecule has 0 radical (unpaired) electrons. The Hall–Kier alpha value is -0.860. The predicted octanol–water partition coefficient (Wildman–Crippen LogP) is 1.67. The maximum absolute atomic E-state index is 5.52. The summed E-state index contributed by atoms with van der Waals surface area (Å²) < 4.78 is 5.52. The largest absolute Gasteiger partial charge is 0.378 e. The first-order chi connectivity index (χ1) is 8.83. The first-order valence-electron chi connectivity index (χ1n) is 6.41. The molecule has 1 atom stereocenters. The predicted molar refractivity (Wildman–Crippen MR) is 75.6 cm³/mol. The van der Waals surface area contributed by atoms with Crippen LogP contribution in [0.2, 0.25) is 0 Å². The van der Waals surface area contributed by atoms with Crippen molar-refractivity contribution in [3.8, 4) is 11.8 Å². The van der Waals surface area contributed by atoms with Crippen LogP contribution in [0.3, 0.4) is 0 Å². The minimum Gasteiger partial charge on any atom is -0.378 e. The van der Waals surface area contributed by atoms with Gasteiger partial charge in [-0.15, -0.1) is 11.3 Å². The smallest absolute Gasteiger partial charge is 0.0622 e. The molecule has 0 spiro atoms. The molecule has 3 nitrogen and oxygen atoms in total. The molecule has 4 heteroatoms. The van der Waals surface area contributed by atoms with Gasteiger partial charge in [0.1, 0.15) is 0 Å². The van der Waals surface area contributed by atoms with Gasteiger partial charge in [0, 0.05) is 35.0 Å². The van der Waals surface area contributed by atoms with E-state index in [0.29, 0.717) is 12.6 Å². The highest BCUT2D eigenvalue weighted by molar-refractivity contribution is 7.10. The van der Waals surface area contributed by atoms with E-state index in [4.69, 9.17) is 10.5 Å². The summed E-state index contributed by atoms with van der Waals surface area (Å²) in [5.41, 5.74) is 6.46. The van der Waals surface area contributed by atoms with Gasteiger partial charge in [0.25, 0.3) is 0 Å². The lowest BCUT2D eigenvalue weighted by Gasteiger charge is -2.34. The fourth-order valence-corrected chi connectivity index (χ4v) is 3.00. The third-order valence-electron chi connectivity index (χ3n) is 3.17. The summed E-state index contributed by atoms with van der Waals surface area (Å²) >= 11 is 1.78. The average molecular weight is 264 g/mol.